The molecule has 16 aromatic rings. The Kier molecular flexibility index (Phi) is 14.1. The van der Waals surface area contributed by atoms with Crippen molar-refractivity contribution < 1.29 is 9.59 Å². The standard InChI is InChI=1S/C90H48N8O2S6/c1-45-13-23-55(24-14-45)89(56-25-15-46(2)16-26-56)69-35-51-37-73(63-31-21-49(79-81(63)97-105-95-79)33-67-75(53(41-91)42-92)59-9-5-7-11-61(59)83(67)99)101-71(51)39-65(69)85-77(89)87-88(103-85)78-86(104-87)66-40-72-52(36-70(66)90(78,57-27-17-47(3)18-28-57)58-29-19-48(4)20-30-58)38-74(102-72)64-32-22-50(80-82(64)98-106-96-80)34-68-76(54(43-93)44-94)60-10-6-8-12-62(60)84(68)100/h5-40H,1-4H3. The molecule has 0 saturated carbocycles. The summed E-state index contributed by atoms with van der Waals surface area (Å²) < 4.78 is 24.3. The van der Waals surface area contributed by atoms with Crippen LogP contribution in [0.4, 0.5) is 0 Å². The summed E-state index contributed by atoms with van der Waals surface area (Å²) in [5, 5.41) is 42.8. The average molecular weight is 1470 g/mol. The van der Waals surface area contributed by atoms with Gasteiger partial charge in [-0.05, 0) is 143 Å². The molecule has 4 aliphatic rings. The van der Waals surface area contributed by atoms with Crippen LogP contribution in [0.25, 0.3) is 117 Å². The number of aromatic nitrogens is 4. The van der Waals surface area contributed by atoms with E-state index in [2.05, 4.69) is 173 Å². The van der Waals surface area contributed by atoms with Crippen molar-refractivity contribution in [2.45, 2.75) is 38.5 Å². The van der Waals surface area contributed by atoms with Gasteiger partial charge in [-0.2, -0.15) is 38.5 Å². The van der Waals surface area contributed by atoms with E-state index in [-0.39, 0.29) is 33.9 Å². The van der Waals surface area contributed by atoms with E-state index in [0.717, 1.165) is 64.5 Å². The third-order valence-corrected chi connectivity index (χ3v) is 27.6. The minimum Gasteiger partial charge on any atom is -0.289 e. The summed E-state index contributed by atoms with van der Waals surface area (Å²) >= 11 is 9.53. The molecule has 4 aliphatic carbocycles. The van der Waals surface area contributed by atoms with E-state index >= 15 is 0 Å². The van der Waals surface area contributed by atoms with Crippen LogP contribution in [-0.4, -0.2) is 29.1 Å². The van der Waals surface area contributed by atoms with Crippen molar-refractivity contribution in [1.29, 1.82) is 21.0 Å². The number of benzene rings is 10. The number of carbonyl (C=O) groups is 2. The van der Waals surface area contributed by atoms with E-state index in [9.17, 15) is 30.6 Å². The third kappa shape index (κ3) is 8.86. The van der Waals surface area contributed by atoms with Crippen LogP contribution >= 0.6 is 68.8 Å². The molecule has 16 heteroatoms. The zero-order chi connectivity index (χ0) is 71.8. The highest BCUT2D eigenvalue weighted by Crippen LogP contribution is 2.69. The molecule has 0 radical (unpaired) electrons. The van der Waals surface area contributed by atoms with Gasteiger partial charge in [-0.15, -0.1) is 45.3 Å². The van der Waals surface area contributed by atoms with Crippen LogP contribution in [0.15, 0.2) is 229 Å². The highest BCUT2D eigenvalue weighted by atomic mass is 32.1. The predicted molar refractivity (Wildman–Crippen MR) is 431 cm³/mol. The first-order valence-corrected chi connectivity index (χ1v) is 38.9. The van der Waals surface area contributed by atoms with Crippen LogP contribution < -0.4 is 0 Å². The number of nitrogens with zero attached hydrogens (tertiary/aromatic N) is 8. The van der Waals surface area contributed by atoms with E-state index in [0.29, 0.717) is 66.6 Å². The van der Waals surface area contributed by atoms with E-state index in [1.54, 1.807) is 71.2 Å². The minimum absolute atomic E-state index is 0.122. The first-order valence-electron chi connectivity index (χ1n) is 34.2. The molecule has 496 valence electrons. The molecule has 6 heterocycles. The van der Waals surface area contributed by atoms with Crippen LogP contribution in [0.5, 0.6) is 0 Å². The molecule has 0 N–H and O–H groups in total. The lowest BCUT2D eigenvalue weighted by Crippen LogP contribution is -2.29. The van der Waals surface area contributed by atoms with Gasteiger partial charge in [0.2, 0.25) is 0 Å². The summed E-state index contributed by atoms with van der Waals surface area (Å²) in [6, 6.07) is 81.6. The maximum absolute atomic E-state index is 14.1. The highest BCUT2D eigenvalue weighted by Gasteiger charge is 2.54. The second-order valence-corrected chi connectivity index (χ2v) is 32.7. The fourth-order valence-electron chi connectivity index (χ4n) is 16.9. The number of allylic oxidation sites excluding steroid dienone is 6. The minimum atomic E-state index is -0.775. The molecule has 0 bridgehead atoms. The largest absolute Gasteiger partial charge is 0.289 e. The van der Waals surface area contributed by atoms with Gasteiger partial charge < -0.3 is 0 Å². The number of fused-ring (bicyclic) bond motifs is 15. The molecule has 0 saturated heterocycles. The van der Waals surface area contributed by atoms with Gasteiger partial charge in [0.15, 0.2) is 11.6 Å². The van der Waals surface area contributed by atoms with Gasteiger partial charge in [0.1, 0.15) is 57.5 Å². The van der Waals surface area contributed by atoms with Crippen molar-refractivity contribution in [2.75, 3.05) is 0 Å². The van der Waals surface area contributed by atoms with Crippen LogP contribution in [-0.2, 0) is 10.8 Å². The molecule has 0 fully saturated rings. The van der Waals surface area contributed by atoms with Gasteiger partial charge in [0.25, 0.3) is 0 Å². The molecule has 106 heavy (non-hydrogen) atoms. The summed E-state index contributed by atoms with van der Waals surface area (Å²) in [7, 11) is 0. The Bertz CT molecular complexity index is 6470. The van der Waals surface area contributed by atoms with Crippen LogP contribution in [0, 0.1) is 73.0 Å². The third-order valence-electron chi connectivity index (χ3n) is 21.7. The number of thiophene rings is 4. The lowest BCUT2D eigenvalue weighted by atomic mass is 9.66. The lowest BCUT2D eigenvalue weighted by Gasteiger charge is -2.34. The van der Waals surface area contributed by atoms with Gasteiger partial charge in [-0.3, -0.25) is 9.59 Å². The van der Waals surface area contributed by atoms with Gasteiger partial charge in [-0.1, -0.05) is 192 Å². The van der Waals surface area contributed by atoms with E-state index < -0.39 is 10.8 Å². The van der Waals surface area contributed by atoms with E-state index in [4.69, 9.17) is 17.5 Å². The number of rotatable bonds is 8. The van der Waals surface area contributed by atoms with Gasteiger partial charge in [0.05, 0.1) is 43.7 Å². The lowest BCUT2D eigenvalue weighted by molar-refractivity contribution is 0.103. The fourth-order valence-corrected chi connectivity index (χ4v) is 23.4. The molecule has 10 aromatic carbocycles. The highest BCUT2D eigenvalue weighted by molar-refractivity contribution is 7.32. The zero-order valence-corrected chi connectivity index (χ0v) is 61.5. The molecule has 20 rings (SSSR count). The Morgan fingerprint density at radius 2 is 0.708 bits per heavy atom. The van der Waals surface area contributed by atoms with E-state index in [1.807, 2.05) is 71.2 Å². The van der Waals surface area contributed by atoms with Crippen molar-refractivity contribution in [3.63, 3.8) is 0 Å². The summed E-state index contributed by atoms with van der Waals surface area (Å²) in [5.41, 5.74) is 24.1. The molecule has 0 amide bonds. The maximum Gasteiger partial charge on any atom is 0.194 e. The second-order valence-electron chi connectivity index (χ2n) is 27.5. The zero-order valence-electron chi connectivity index (χ0n) is 56.6. The number of nitriles is 4. The van der Waals surface area contributed by atoms with Crippen molar-refractivity contribution in [2.24, 2.45) is 0 Å². The van der Waals surface area contributed by atoms with Gasteiger partial charge >= 0.3 is 0 Å². The number of aryl methyl sites for hydroxylation is 4. The first kappa shape index (κ1) is 63.4. The molecule has 0 atom stereocenters. The summed E-state index contributed by atoms with van der Waals surface area (Å²) in [5.74, 6) is -0.501. The Labute approximate surface area is 631 Å². The number of carbonyl (C=O) groups excluding carboxylic acids is 2. The monoisotopic (exact) mass is 1460 g/mol. The first-order chi connectivity index (χ1) is 51.8. The molecule has 0 aliphatic heterocycles. The number of hydrogen-bond acceptors (Lipinski definition) is 16. The molecule has 10 nitrogen and oxygen atoms in total. The summed E-state index contributed by atoms with van der Waals surface area (Å²) in [4.78, 5) is 32.8. The molecule has 6 aromatic heterocycles. The number of hydrogen-bond donors (Lipinski definition) is 0. The van der Waals surface area contributed by atoms with Crippen molar-refractivity contribution in [1.82, 2.24) is 17.5 Å². The Morgan fingerprint density at radius 3 is 1.06 bits per heavy atom. The van der Waals surface area contributed by atoms with Gasteiger partial charge in [-0.25, -0.2) is 0 Å². The Morgan fingerprint density at radius 1 is 0.368 bits per heavy atom. The SMILES string of the molecule is Cc1ccc(C2(c3ccc(C)cc3)c3cc4cc(-c5ccc(C=C6C(=O)c7ccccc7C6=C(C#N)C#N)c6nsnc56)sc4cc3-c3sc4c5c(sc4c32)-c2cc3sc(-c4ccc(C=C6C(=O)c7ccccc7C6=C(C#N)C#N)c6nsnc46)cc3cc2C5(c2ccc(C)cc2)c2ccc(C)cc2)cc1. The van der Waals surface area contributed by atoms with Crippen molar-refractivity contribution in [3.05, 3.63) is 329 Å². The Balaban J connectivity index is 0.788. The second kappa shape index (κ2) is 23.6. The van der Waals surface area contributed by atoms with Crippen molar-refractivity contribution >= 4 is 155 Å². The summed E-state index contributed by atoms with van der Waals surface area (Å²) in [6.45, 7) is 8.63. The normalized spacial score (nSPS) is 14.9. The average Bonchev–Trinajstić information content (AvgIpc) is 1.49. The molecule has 0 spiro atoms. The van der Waals surface area contributed by atoms with Crippen LogP contribution in [0.2, 0.25) is 0 Å². The van der Waals surface area contributed by atoms with E-state index in [1.165, 1.54) is 97.0 Å². The number of ketones is 2. The predicted octanol–water partition coefficient (Wildman–Crippen LogP) is 22.9. The van der Waals surface area contributed by atoms with Crippen LogP contribution in [0.3, 0.4) is 0 Å². The molecular weight excluding hydrogens is 1420 g/mol. The van der Waals surface area contributed by atoms with Crippen LogP contribution in [0.1, 0.15) is 110 Å². The fraction of sp³-hybridized carbons (Fsp3) is 0.0667. The van der Waals surface area contributed by atoms with Gasteiger partial charge in [0, 0.05) is 95.7 Å². The number of Topliss-reactive ketones (excluding diaryl/α,β-unsaturated/α-hetero) is 2. The maximum atomic E-state index is 14.1. The molecule has 0 unspecified atom stereocenters. The van der Waals surface area contributed by atoms with Crippen molar-refractivity contribution in [3.8, 4) is 66.0 Å². The topological polar surface area (TPSA) is 181 Å². The smallest absolute Gasteiger partial charge is 0.194 e. The quantitative estimate of drug-likeness (QED) is 0.105. The summed E-state index contributed by atoms with van der Waals surface area (Å²) in [6.07, 6.45) is 3.52. The molecular formula is C90H48N8O2S6. The Hall–Kier alpha value is -12.3.